The zero-order valence-corrected chi connectivity index (χ0v) is 24.1. The number of hydrogen-bond acceptors (Lipinski definition) is 7. The Hall–Kier alpha value is -3.12. The van der Waals surface area contributed by atoms with Gasteiger partial charge >= 0.3 is 0 Å². The molecule has 0 spiro atoms. The molecule has 1 saturated carbocycles. The van der Waals surface area contributed by atoms with E-state index in [0.717, 1.165) is 5.56 Å². The molecule has 0 bridgehead atoms. The minimum Gasteiger partial charge on any atom is -0.325 e. The normalized spacial score (nSPS) is 25.6. The number of Topliss-reactive ketones (excluding diaryl/α,β-unsaturated/α-hetero) is 1. The number of carbonyl (C=O) groups is 3. The molecular weight excluding hydrogens is 572 g/mol. The largest absolute Gasteiger partial charge is 0.325 e. The molecular formula is C26H29BrN6O4S. The number of ketones is 1. The van der Waals surface area contributed by atoms with Gasteiger partial charge in [-0.05, 0) is 58.3 Å². The fourth-order valence-corrected chi connectivity index (χ4v) is 7.06. The second-order valence-electron chi connectivity index (χ2n) is 10.6. The maximum atomic E-state index is 13.9. The van der Waals surface area contributed by atoms with E-state index in [1.54, 1.807) is 29.2 Å². The fraction of sp³-hybridized carbons (Fsp3) is 0.423. The van der Waals surface area contributed by atoms with Crippen molar-refractivity contribution in [3.05, 3.63) is 46.2 Å². The van der Waals surface area contributed by atoms with Crippen LogP contribution in [0, 0.1) is 23.0 Å². The first kappa shape index (κ1) is 26.5. The Kier molecular flexibility index (Phi) is 6.26. The summed E-state index contributed by atoms with van der Waals surface area (Å²) in [6.07, 6.45) is 1.81. The molecule has 0 radical (unpaired) electrons. The van der Waals surface area contributed by atoms with E-state index in [9.17, 15) is 18.6 Å². The van der Waals surface area contributed by atoms with Gasteiger partial charge < -0.3 is 10.2 Å². The summed E-state index contributed by atoms with van der Waals surface area (Å²) in [4.78, 5) is 45.9. The van der Waals surface area contributed by atoms with E-state index in [1.807, 2.05) is 13.0 Å². The van der Waals surface area contributed by atoms with Crippen molar-refractivity contribution in [2.45, 2.75) is 57.6 Å². The summed E-state index contributed by atoms with van der Waals surface area (Å²) < 4.78 is 22.9. The zero-order chi connectivity index (χ0) is 27.7. The second kappa shape index (κ2) is 8.98. The second-order valence-corrected chi connectivity index (χ2v) is 13.5. The molecule has 3 unspecified atom stereocenters. The van der Waals surface area contributed by atoms with Crippen LogP contribution in [0.25, 0.3) is 10.9 Å². The van der Waals surface area contributed by atoms with E-state index in [0.29, 0.717) is 27.7 Å². The van der Waals surface area contributed by atoms with Crippen molar-refractivity contribution in [1.82, 2.24) is 19.7 Å². The molecule has 3 heterocycles. The number of fused-ring (bicyclic) bond motifs is 2. The van der Waals surface area contributed by atoms with Crippen molar-refractivity contribution in [3.8, 4) is 0 Å². The number of aryl methyl sites for hydroxylation is 1. The first-order valence-electron chi connectivity index (χ1n) is 12.2. The lowest BCUT2D eigenvalue weighted by Gasteiger charge is -2.28. The number of likely N-dealkylation sites (tertiary alicyclic amines) is 1. The molecule has 1 aliphatic heterocycles. The minimum atomic E-state index is -3.18. The Labute approximate surface area is 229 Å². The summed E-state index contributed by atoms with van der Waals surface area (Å²) in [5.41, 5.74) is 1.09. The van der Waals surface area contributed by atoms with Crippen LogP contribution in [-0.4, -0.2) is 59.8 Å². The number of aromatic nitrogens is 3. The predicted octanol–water partition coefficient (Wildman–Crippen LogP) is 4.00. The maximum Gasteiger partial charge on any atom is 0.248 e. The molecule has 3 aromatic rings. The molecule has 12 heteroatoms. The van der Waals surface area contributed by atoms with E-state index >= 15 is 0 Å². The highest BCUT2D eigenvalue weighted by atomic mass is 79.9. The summed E-state index contributed by atoms with van der Waals surface area (Å²) in [5, 5.41) is 7.74. The Morgan fingerprint density at radius 3 is 2.63 bits per heavy atom. The monoisotopic (exact) mass is 600 g/mol. The van der Waals surface area contributed by atoms with Gasteiger partial charge in [0, 0.05) is 24.6 Å². The first-order valence-corrected chi connectivity index (χ1v) is 15.0. The minimum absolute atomic E-state index is 0.109. The number of benzene rings is 1. The van der Waals surface area contributed by atoms with Crippen molar-refractivity contribution >= 4 is 60.0 Å². The third-order valence-corrected chi connectivity index (χ3v) is 9.63. The number of pyridine rings is 1. The Balaban J connectivity index is 1.51. The van der Waals surface area contributed by atoms with Gasteiger partial charge in [0.05, 0.1) is 20.1 Å². The number of hydrogen-bond donors (Lipinski definition) is 2. The predicted molar refractivity (Wildman–Crippen MR) is 146 cm³/mol. The van der Waals surface area contributed by atoms with Gasteiger partial charge in [-0.3, -0.25) is 19.1 Å². The lowest BCUT2D eigenvalue weighted by atomic mass is 9.98. The summed E-state index contributed by atoms with van der Waals surface area (Å²) in [5.74, 6) is -0.293. The number of rotatable bonds is 6. The zero-order valence-electron chi connectivity index (χ0n) is 21.7. The lowest BCUT2D eigenvalue weighted by molar-refractivity contribution is -0.139. The van der Waals surface area contributed by atoms with Crippen LogP contribution < -0.4 is 5.32 Å². The van der Waals surface area contributed by atoms with Crippen LogP contribution in [0.3, 0.4) is 0 Å². The number of nitrogens with one attached hydrogen (secondary N) is 2. The molecule has 2 aromatic heterocycles. The van der Waals surface area contributed by atoms with Crippen molar-refractivity contribution in [2.24, 2.45) is 11.3 Å². The van der Waals surface area contributed by atoms with E-state index in [1.165, 1.54) is 17.9 Å². The van der Waals surface area contributed by atoms with Crippen LogP contribution in [0.2, 0.25) is 0 Å². The van der Waals surface area contributed by atoms with Crippen molar-refractivity contribution in [1.29, 1.82) is 4.78 Å². The molecule has 2 fully saturated rings. The number of carbonyl (C=O) groups excluding carboxylic acids is 3. The van der Waals surface area contributed by atoms with E-state index < -0.39 is 15.8 Å². The number of nitrogens with zero attached hydrogens (tertiary/aromatic N) is 4. The van der Waals surface area contributed by atoms with Gasteiger partial charge in [-0.1, -0.05) is 32.0 Å². The Bertz CT molecular complexity index is 1630. The molecule has 1 aromatic carbocycles. The highest BCUT2D eigenvalue weighted by Gasteiger charge is 2.70. The molecule has 38 heavy (non-hydrogen) atoms. The topological polar surface area (TPSA) is 138 Å². The van der Waals surface area contributed by atoms with Crippen molar-refractivity contribution in [2.75, 3.05) is 11.6 Å². The van der Waals surface area contributed by atoms with Gasteiger partial charge in [0.15, 0.2) is 5.78 Å². The first-order chi connectivity index (χ1) is 17.7. The molecule has 5 atom stereocenters. The van der Waals surface area contributed by atoms with Gasteiger partial charge in [-0.15, -0.1) is 0 Å². The third kappa shape index (κ3) is 4.23. The number of piperidine rings is 1. The number of halogens is 1. The number of amides is 2. The number of anilines is 1. The van der Waals surface area contributed by atoms with Gasteiger partial charge in [-0.25, -0.2) is 14.0 Å². The smallest absolute Gasteiger partial charge is 0.248 e. The molecule has 2 aliphatic rings. The maximum absolute atomic E-state index is 13.9. The third-order valence-electron chi connectivity index (χ3n) is 8.02. The molecule has 2 N–H and O–H groups in total. The van der Waals surface area contributed by atoms with Crippen LogP contribution in [0.4, 0.5) is 5.82 Å². The summed E-state index contributed by atoms with van der Waals surface area (Å²) in [6, 6.07) is 7.69. The summed E-state index contributed by atoms with van der Waals surface area (Å²) in [6.45, 7) is 7.12. The van der Waals surface area contributed by atoms with Crippen LogP contribution in [0.5, 0.6) is 0 Å². The van der Waals surface area contributed by atoms with Crippen LogP contribution in [-0.2, 0) is 25.9 Å². The summed E-state index contributed by atoms with van der Waals surface area (Å²) in [7, 11) is -3.18. The van der Waals surface area contributed by atoms with Crippen molar-refractivity contribution < 1.29 is 18.6 Å². The van der Waals surface area contributed by atoms with Gasteiger partial charge in [-0.2, -0.15) is 5.10 Å². The molecule has 1 saturated heterocycles. The molecule has 200 valence electrons. The highest BCUT2D eigenvalue weighted by Crippen LogP contribution is 2.64. The molecule has 5 rings (SSSR count). The van der Waals surface area contributed by atoms with E-state index in [-0.39, 0.29) is 52.1 Å². The van der Waals surface area contributed by atoms with Crippen LogP contribution in [0.15, 0.2) is 39.8 Å². The highest BCUT2D eigenvalue weighted by molar-refractivity contribution is 9.10. The standard InChI is InChI=1S/C26H29BrN6O4S/c1-13-9-10-19(27)29-24(13)30-25(36)17-11-26(4)14(2)23(26)33(17)20(35)12-32-22-16(21(31-32)15(3)34)7-6-8-18(22)38(5,28)37/h6-10,14,17,23,28H,11-12H2,1-5H3,(H,29,30,36)/t14?,17-,23?,26+,38?/m0/s1. The average molecular weight is 602 g/mol. The SMILES string of the molecule is CC(=O)c1nn(CC(=O)N2C3C(C)[C@@]3(C)C[C@H]2C(=O)Nc2nc(Br)ccc2C)c2c(S(C)(=N)=O)cccc12. The van der Waals surface area contributed by atoms with Gasteiger partial charge in [0.2, 0.25) is 11.8 Å². The van der Waals surface area contributed by atoms with E-state index in [4.69, 9.17) is 4.78 Å². The summed E-state index contributed by atoms with van der Waals surface area (Å²) >= 11 is 3.33. The average Bonchev–Trinajstić information content (AvgIpc) is 3.13. The molecule has 1 aliphatic carbocycles. The molecule has 10 nitrogen and oxygen atoms in total. The number of para-hydroxylation sites is 1. The van der Waals surface area contributed by atoms with E-state index in [2.05, 4.69) is 45.2 Å². The molecule has 2 amide bonds. The van der Waals surface area contributed by atoms with Gasteiger partial charge in [0.1, 0.15) is 28.7 Å². The van der Waals surface area contributed by atoms with Crippen LogP contribution >= 0.6 is 15.9 Å². The lowest BCUT2D eigenvalue weighted by Crippen LogP contribution is -2.47. The Morgan fingerprint density at radius 1 is 1.26 bits per heavy atom. The Morgan fingerprint density at radius 2 is 1.97 bits per heavy atom. The quantitative estimate of drug-likeness (QED) is 0.324. The van der Waals surface area contributed by atoms with Crippen LogP contribution in [0.1, 0.15) is 43.2 Å². The van der Waals surface area contributed by atoms with Crippen molar-refractivity contribution in [3.63, 3.8) is 0 Å². The fourth-order valence-electron chi connectivity index (χ4n) is 5.82. The van der Waals surface area contributed by atoms with Gasteiger partial charge in [0.25, 0.3) is 0 Å².